The molecule has 2 rings (SSSR count). The lowest BCUT2D eigenvalue weighted by Crippen LogP contribution is -2.67. The van der Waals surface area contributed by atoms with Crippen molar-refractivity contribution < 1.29 is 58.7 Å². The molecule has 8 N–H and O–H groups in total. The molecule has 0 spiro atoms. The van der Waals surface area contributed by atoms with E-state index < -0.39 is 73.9 Å². The van der Waals surface area contributed by atoms with E-state index in [1.165, 1.54) is 13.8 Å². The fourth-order valence-corrected chi connectivity index (χ4v) is 3.67. The van der Waals surface area contributed by atoms with Crippen LogP contribution in [0.3, 0.4) is 0 Å². The molecule has 0 aliphatic carbocycles. The molecule has 0 saturated carbocycles. The summed E-state index contributed by atoms with van der Waals surface area (Å²) < 4.78 is 33.1. The van der Waals surface area contributed by atoms with Crippen molar-refractivity contribution in [3.63, 3.8) is 0 Å². The van der Waals surface area contributed by atoms with Crippen LogP contribution >= 0.6 is 0 Å². The minimum atomic E-state index is -1.64. The Balaban J connectivity index is 2.05. The van der Waals surface area contributed by atoms with Crippen molar-refractivity contribution in [3.8, 4) is 0 Å². The summed E-state index contributed by atoms with van der Waals surface area (Å²) >= 11 is 0. The first kappa shape index (κ1) is 29.2. The topological polar surface area (TPSA) is 212 Å². The molecule has 34 heavy (non-hydrogen) atoms. The highest BCUT2D eigenvalue weighted by Crippen LogP contribution is 2.29. The molecule has 0 unspecified atom stereocenters. The van der Waals surface area contributed by atoms with Crippen LogP contribution in [0.4, 0.5) is 0 Å². The van der Waals surface area contributed by atoms with Gasteiger partial charge in [-0.3, -0.25) is 4.79 Å². The van der Waals surface area contributed by atoms with Crippen LogP contribution in [-0.2, 0) is 33.2 Å². The van der Waals surface area contributed by atoms with E-state index in [0.29, 0.717) is 26.4 Å². The second-order valence-corrected chi connectivity index (χ2v) is 8.11. The van der Waals surface area contributed by atoms with Gasteiger partial charge in [-0.2, -0.15) is 0 Å². The maximum Gasteiger partial charge on any atom is 0.217 e. The predicted molar refractivity (Wildman–Crippen MR) is 113 cm³/mol. The van der Waals surface area contributed by atoms with Crippen molar-refractivity contribution in [2.24, 2.45) is 5.73 Å². The third-order valence-corrected chi connectivity index (χ3v) is 5.47. The normalized spacial score (nSPS) is 38.6. The average molecular weight is 499 g/mol. The molecule has 0 bridgehead atoms. The second-order valence-electron chi connectivity index (χ2n) is 8.11. The smallest absolute Gasteiger partial charge is 0.217 e. The largest absolute Gasteiger partial charge is 0.394 e. The number of amides is 1. The van der Waals surface area contributed by atoms with Gasteiger partial charge in [0.15, 0.2) is 12.6 Å². The molecule has 2 fully saturated rings. The number of carbonyl (C=O) groups is 1. The highest BCUT2D eigenvalue weighted by molar-refractivity contribution is 5.73. The molecule has 200 valence electrons. The summed E-state index contributed by atoms with van der Waals surface area (Å²) in [6.45, 7) is 3.87. The van der Waals surface area contributed by atoms with Crippen molar-refractivity contribution in [1.29, 1.82) is 0 Å². The molecular formula is C20H38N2O12. The lowest BCUT2D eigenvalue weighted by atomic mass is 9.95. The standard InChI is InChI=1S/C20H38N2O12/c1-10-14(25)16(27)17(28)20(32-10)34-18-13(22-11(2)24)19(33-12(9-23)15(18)26)31-8-7-30-6-5-29-4-3-21/h10,12-20,23,25-28H,3-9,21H2,1-2H3,(H,22,24)/t10-,12+,13+,14+,15+,16+,17-,18+,19+,20-/m0/s1. The van der Waals surface area contributed by atoms with E-state index in [2.05, 4.69) is 5.32 Å². The van der Waals surface area contributed by atoms with Gasteiger partial charge in [0, 0.05) is 13.5 Å². The first-order valence-electron chi connectivity index (χ1n) is 11.2. The van der Waals surface area contributed by atoms with Gasteiger partial charge >= 0.3 is 0 Å². The van der Waals surface area contributed by atoms with Crippen LogP contribution < -0.4 is 11.1 Å². The molecule has 10 atom stereocenters. The molecule has 2 saturated heterocycles. The van der Waals surface area contributed by atoms with Gasteiger partial charge in [0.1, 0.15) is 42.7 Å². The quantitative estimate of drug-likeness (QED) is 0.120. The number of hydrogen-bond acceptors (Lipinski definition) is 13. The number of nitrogens with two attached hydrogens (primary N) is 1. The molecule has 2 heterocycles. The number of rotatable bonds is 13. The van der Waals surface area contributed by atoms with Crippen LogP contribution in [0.5, 0.6) is 0 Å². The van der Waals surface area contributed by atoms with Gasteiger partial charge in [-0.15, -0.1) is 0 Å². The summed E-state index contributed by atoms with van der Waals surface area (Å²) in [5.74, 6) is -0.479. The third-order valence-electron chi connectivity index (χ3n) is 5.47. The Morgan fingerprint density at radius 3 is 2.18 bits per heavy atom. The van der Waals surface area contributed by atoms with E-state index in [9.17, 15) is 30.3 Å². The molecule has 14 nitrogen and oxygen atoms in total. The summed E-state index contributed by atoms with van der Waals surface area (Å²) in [7, 11) is 0. The minimum absolute atomic E-state index is 0.0447. The Kier molecular flexibility index (Phi) is 12.5. The molecule has 0 aromatic carbocycles. The van der Waals surface area contributed by atoms with Crippen LogP contribution in [0.2, 0.25) is 0 Å². The fraction of sp³-hybridized carbons (Fsp3) is 0.950. The number of aliphatic hydroxyl groups is 5. The van der Waals surface area contributed by atoms with Crippen LogP contribution in [0.1, 0.15) is 13.8 Å². The van der Waals surface area contributed by atoms with Crippen LogP contribution in [0.25, 0.3) is 0 Å². The first-order chi connectivity index (χ1) is 16.2. The van der Waals surface area contributed by atoms with Gasteiger partial charge < -0.3 is 65.0 Å². The van der Waals surface area contributed by atoms with Crippen LogP contribution in [0, 0.1) is 0 Å². The Morgan fingerprint density at radius 2 is 1.56 bits per heavy atom. The van der Waals surface area contributed by atoms with Gasteiger partial charge in [0.25, 0.3) is 0 Å². The van der Waals surface area contributed by atoms with Gasteiger partial charge in [0.2, 0.25) is 5.91 Å². The highest BCUT2D eigenvalue weighted by Gasteiger charge is 2.51. The second kappa shape index (κ2) is 14.5. The predicted octanol–water partition coefficient (Wildman–Crippen LogP) is -4.21. The van der Waals surface area contributed by atoms with Gasteiger partial charge in [0.05, 0.1) is 45.7 Å². The van der Waals surface area contributed by atoms with E-state index in [0.717, 1.165) is 0 Å². The zero-order chi connectivity index (χ0) is 25.3. The minimum Gasteiger partial charge on any atom is -0.394 e. The molecule has 1 amide bonds. The van der Waals surface area contributed by atoms with E-state index >= 15 is 0 Å². The average Bonchev–Trinajstić information content (AvgIpc) is 2.80. The lowest BCUT2D eigenvalue weighted by Gasteiger charge is -2.47. The van der Waals surface area contributed by atoms with Crippen LogP contribution in [0.15, 0.2) is 0 Å². The van der Waals surface area contributed by atoms with Crippen molar-refractivity contribution >= 4 is 5.91 Å². The Labute approximate surface area is 197 Å². The number of aliphatic hydroxyl groups excluding tert-OH is 5. The molecule has 0 radical (unpaired) electrons. The summed E-state index contributed by atoms with van der Waals surface area (Å²) in [5, 5.41) is 53.3. The molecule has 0 aromatic heterocycles. The van der Waals surface area contributed by atoms with E-state index in [1.807, 2.05) is 0 Å². The zero-order valence-corrected chi connectivity index (χ0v) is 19.4. The van der Waals surface area contributed by atoms with Gasteiger partial charge in [-0.05, 0) is 6.92 Å². The summed E-state index contributed by atoms with van der Waals surface area (Å²) in [4.78, 5) is 11.9. The maximum absolute atomic E-state index is 11.9. The third kappa shape index (κ3) is 8.01. The maximum atomic E-state index is 11.9. The Bertz CT molecular complexity index is 602. The number of hydrogen-bond donors (Lipinski definition) is 7. The highest BCUT2D eigenvalue weighted by atomic mass is 16.7. The van der Waals surface area contributed by atoms with Crippen LogP contribution in [-0.4, -0.2) is 139 Å². The van der Waals surface area contributed by atoms with Crippen molar-refractivity contribution in [1.82, 2.24) is 5.32 Å². The molecule has 2 aliphatic heterocycles. The van der Waals surface area contributed by atoms with E-state index in [-0.39, 0.29) is 13.2 Å². The zero-order valence-electron chi connectivity index (χ0n) is 19.4. The number of carbonyl (C=O) groups excluding carboxylic acids is 1. The molecule has 14 heteroatoms. The lowest BCUT2D eigenvalue weighted by molar-refractivity contribution is -0.341. The SMILES string of the molecule is CC(=O)N[C@H]1[C@H](OCCOCCOCCN)O[C@H](CO)[C@@H](O)[C@@H]1O[C@@H]1O[C@@H](C)[C@@H](O)[C@@H](O)[C@@H]1O. The van der Waals surface area contributed by atoms with Crippen molar-refractivity contribution in [2.45, 2.75) is 75.2 Å². The number of ether oxygens (including phenoxy) is 6. The van der Waals surface area contributed by atoms with Gasteiger partial charge in [-0.1, -0.05) is 0 Å². The monoisotopic (exact) mass is 498 g/mol. The molecule has 2 aliphatic rings. The summed E-state index contributed by atoms with van der Waals surface area (Å²) in [6.07, 6.45) is -11.9. The van der Waals surface area contributed by atoms with E-state index in [4.69, 9.17) is 34.2 Å². The van der Waals surface area contributed by atoms with Crippen molar-refractivity contribution in [3.05, 3.63) is 0 Å². The van der Waals surface area contributed by atoms with Crippen molar-refractivity contribution in [2.75, 3.05) is 46.2 Å². The van der Waals surface area contributed by atoms with E-state index in [1.54, 1.807) is 0 Å². The summed E-state index contributed by atoms with van der Waals surface area (Å²) in [5.41, 5.74) is 5.33. The number of nitrogens with one attached hydrogen (secondary N) is 1. The Hall–Kier alpha value is -1.01. The first-order valence-corrected chi connectivity index (χ1v) is 11.2. The molecular weight excluding hydrogens is 460 g/mol. The van der Waals surface area contributed by atoms with Gasteiger partial charge in [-0.25, -0.2) is 0 Å². The fourth-order valence-electron chi connectivity index (χ4n) is 3.67. The summed E-state index contributed by atoms with van der Waals surface area (Å²) in [6, 6.07) is -1.07. The molecule has 0 aromatic rings. The Morgan fingerprint density at radius 1 is 0.912 bits per heavy atom.